The van der Waals surface area contributed by atoms with Gasteiger partial charge in [0.05, 0.1) is 7.11 Å². The lowest BCUT2D eigenvalue weighted by atomic mass is 10.3. The maximum Gasteiger partial charge on any atom is 0.215 e. The van der Waals surface area contributed by atoms with Crippen molar-refractivity contribution in [1.82, 2.24) is 14.5 Å². The largest absolute Gasteiger partial charge is 0.481 e. The summed E-state index contributed by atoms with van der Waals surface area (Å²) in [6.07, 6.45) is 0. The monoisotopic (exact) mass is 206 g/mol. The lowest BCUT2D eigenvalue weighted by molar-refractivity contribution is 0.398. The average Bonchev–Trinajstić information content (AvgIpc) is 2.52. The van der Waals surface area contributed by atoms with E-state index >= 15 is 0 Å². The highest BCUT2D eigenvalue weighted by atomic mass is 16.5. The maximum atomic E-state index is 5.82. The molecule has 0 spiro atoms. The second-order valence-electron chi connectivity index (χ2n) is 3.63. The zero-order valence-corrected chi connectivity index (χ0v) is 9.06. The van der Waals surface area contributed by atoms with Gasteiger partial charge in [0.1, 0.15) is 5.52 Å². The van der Waals surface area contributed by atoms with E-state index in [1.807, 2.05) is 24.5 Å². The first-order chi connectivity index (χ1) is 7.13. The summed E-state index contributed by atoms with van der Waals surface area (Å²) in [5, 5.41) is 0. The molecular formula is C10H14N4O. The van der Waals surface area contributed by atoms with Crippen LogP contribution in [0, 0.1) is 0 Å². The lowest BCUT2D eigenvalue weighted by Gasteiger charge is -2.09. The van der Waals surface area contributed by atoms with E-state index in [0.29, 0.717) is 11.8 Å². The van der Waals surface area contributed by atoms with E-state index < -0.39 is 0 Å². The Morgan fingerprint density at radius 2 is 2.07 bits per heavy atom. The van der Waals surface area contributed by atoms with Crippen LogP contribution >= 0.6 is 0 Å². The normalized spacial score (nSPS) is 11.2. The molecule has 2 aromatic rings. The minimum absolute atomic E-state index is 0.231. The van der Waals surface area contributed by atoms with Crippen LogP contribution in [0.25, 0.3) is 11.2 Å². The van der Waals surface area contributed by atoms with Crippen LogP contribution in [0.3, 0.4) is 0 Å². The number of rotatable bonds is 2. The standard InChI is InChI=1S/C10H14N4O/c1-6(2)14-9-7(12-10(14)11)4-5-8(13-9)15-3/h4-6H,1-3H3,(H2,11,12). The summed E-state index contributed by atoms with van der Waals surface area (Å²) < 4.78 is 6.96. The molecule has 80 valence electrons. The number of anilines is 1. The van der Waals surface area contributed by atoms with Crippen molar-refractivity contribution in [2.75, 3.05) is 12.8 Å². The Morgan fingerprint density at radius 3 is 2.67 bits per heavy atom. The molecule has 0 saturated carbocycles. The number of hydrogen-bond donors (Lipinski definition) is 1. The summed E-state index contributed by atoms with van der Waals surface area (Å²) in [4.78, 5) is 8.57. The van der Waals surface area contributed by atoms with Gasteiger partial charge < -0.3 is 10.5 Å². The number of nitrogens with two attached hydrogens (primary N) is 1. The Bertz CT molecular complexity index is 489. The molecule has 0 aliphatic rings. The number of nitrogens with zero attached hydrogens (tertiary/aromatic N) is 3. The van der Waals surface area contributed by atoms with Crippen molar-refractivity contribution in [2.45, 2.75) is 19.9 Å². The molecule has 2 rings (SSSR count). The maximum absolute atomic E-state index is 5.82. The van der Waals surface area contributed by atoms with E-state index in [2.05, 4.69) is 9.97 Å². The zero-order chi connectivity index (χ0) is 11.0. The third-order valence-electron chi connectivity index (χ3n) is 2.26. The molecule has 2 N–H and O–H groups in total. The summed E-state index contributed by atoms with van der Waals surface area (Å²) in [7, 11) is 1.59. The number of imidazole rings is 1. The Kier molecular flexibility index (Phi) is 2.22. The quantitative estimate of drug-likeness (QED) is 0.810. The lowest BCUT2D eigenvalue weighted by Crippen LogP contribution is -2.06. The Balaban J connectivity index is 2.72. The fraction of sp³-hybridized carbons (Fsp3) is 0.400. The minimum atomic E-state index is 0.231. The van der Waals surface area contributed by atoms with Gasteiger partial charge in [-0.2, -0.15) is 4.98 Å². The van der Waals surface area contributed by atoms with E-state index in [1.165, 1.54) is 0 Å². The SMILES string of the molecule is COc1ccc2nc(N)n(C(C)C)c2n1. The second kappa shape index (κ2) is 3.42. The Morgan fingerprint density at radius 1 is 1.33 bits per heavy atom. The molecule has 5 nitrogen and oxygen atoms in total. The Hall–Kier alpha value is -1.78. The third-order valence-corrected chi connectivity index (χ3v) is 2.26. The zero-order valence-electron chi connectivity index (χ0n) is 9.06. The number of fused-ring (bicyclic) bond motifs is 1. The van der Waals surface area contributed by atoms with Gasteiger partial charge in [-0.15, -0.1) is 0 Å². The highest BCUT2D eigenvalue weighted by Crippen LogP contribution is 2.22. The fourth-order valence-electron chi connectivity index (χ4n) is 1.60. The van der Waals surface area contributed by atoms with Crippen LogP contribution in [-0.2, 0) is 0 Å². The number of aromatic nitrogens is 3. The van der Waals surface area contributed by atoms with Crippen LogP contribution in [0.1, 0.15) is 19.9 Å². The molecule has 2 aromatic heterocycles. The summed E-state index contributed by atoms with van der Waals surface area (Å²) in [5.74, 6) is 1.06. The van der Waals surface area contributed by atoms with Gasteiger partial charge in [0.15, 0.2) is 5.65 Å². The van der Waals surface area contributed by atoms with Crippen LogP contribution in [-0.4, -0.2) is 21.6 Å². The van der Waals surface area contributed by atoms with Gasteiger partial charge in [0, 0.05) is 12.1 Å². The first kappa shape index (κ1) is 9.76. The molecule has 0 unspecified atom stereocenters. The molecule has 0 aromatic carbocycles. The number of pyridine rings is 1. The molecule has 0 bridgehead atoms. The van der Waals surface area contributed by atoms with Crippen LogP contribution in [0.4, 0.5) is 5.95 Å². The summed E-state index contributed by atoms with van der Waals surface area (Å²) in [5.41, 5.74) is 7.38. The summed E-state index contributed by atoms with van der Waals surface area (Å²) in [6, 6.07) is 3.87. The second-order valence-corrected chi connectivity index (χ2v) is 3.63. The van der Waals surface area contributed by atoms with Gasteiger partial charge in [-0.05, 0) is 19.9 Å². The number of nitrogen functional groups attached to an aromatic ring is 1. The highest BCUT2D eigenvalue weighted by molar-refractivity contribution is 5.75. The van der Waals surface area contributed by atoms with Gasteiger partial charge in [-0.3, -0.25) is 4.57 Å². The molecule has 0 atom stereocenters. The van der Waals surface area contributed by atoms with Crippen LogP contribution in [0.5, 0.6) is 5.88 Å². The van der Waals surface area contributed by atoms with Gasteiger partial charge in [0.25, 0.3) is 0 Å². The first-order valence-electron chi connectivity index (χ1n) is 4.82. The first-order valence-corrected chi connectivity index (χ1v) is 4.82. The molecule has 5 heteroatoms. The van der Waals surface area contributed by atoms with Crippen molar-refractivity contribution < 1.29 is 4.74 Å². The predicted molar refractivity (Wildman–Crippen MR) is 58.9 cm³/mol. The van der Waals surface area contributed by atoms with Crippen LogP contribution in [0.2, 0.25) is 0 Å². The van der Waals surface area contributed by atoms with Crippen LogP contribution in [0.15, 0.2) is 12.1 Å². The van der Waals surface area contributed by atoms with Crippen molar-refractivity contribution in [1.29, 1.82) is 0 Å². The number of hydrogen-bond acceptors (Lipinski definition) is 4. The molecule has 0 fully saturated rings. The average molecular weight is 206 g/mol. The molecule has 0 aliphatic heterocycles. The van der Waals surface area contributed by atoms with Gasteiger partial charge in [-0.1, -0.05) is 0 Å². The number of methoxy groups -OCH3 is 1. The summed E-state index contributed by atoms with van der Waals surface area (Å²) >= 11 is 0. The van der Waals surface area contributed by atoms with E-state index in [-0.39, 0.29) is 6.04 Å². The molecular weight excluding hydrogens is 192 g/mol. The summed E-state index contributed by atoms with van der Waals surface area (Å²) in [6.45, 7) is 4.08. The molecule has 2 heterocycles. The van der Waals surface area contributed by atoms with E-state index in [0.717, 1.165) is 11.2 Å². The van der Waals surface area contributed by atoms with Gasteiger partial charge in [-0.25, -0.2) is 4.98 Å². The van der Waals surface area contributed by atoms with Crippen molar-refractivity contribution in [3.63, 3.8) is 0 Å². The molecule has 15 heavy (non-hydrogen) atoms. The van der Waals surface area contributed by atoms with Crippen molar-refractivity contribution in [2.24, 2.45) is 0 Å². The van der Waals surface area contributed by atoms with Gasteiger partial charge >= 0.3 is 0 Å². The minimum Gasteiger partial charge on any atom is -0.481 e. The van der Waals surface area contributed by atoms with Crippen molar-refractivity contribution in [3.05, 3.63) is 12.1 Å². The van der Waals surface area contributed by atoms with Crippen LogP contribution < -0.4 is 10.5 Å². The molecule has 0 aliphatic carbocycles. The fourth-order valence-corrected chi connectivity index (χ4v) is 1.60. The molecule has 0 amide bonds. The van der Waals surface area contributed by atoms with E-state index in [4.69, 9.17) is 10.5 Å². The number of ether oxygens (including phenoxy) is 1. The Labute approximate surface area is 87.9 Å². The van der Waals surface area contributed by atoms with E-state index in [9.17, 15) is 0 Å². The predicted octanol–water partition coefficient (Wildman–Crippen LogP) is 1.60. The third kappa shape index (κ3) is 1.49. The van der Waals surface area contributed by atoms with Gasteiger partial charge in [0.2, 0.25) is 11.8 Å². The topological polar surface area (TPSA) is 66.0 Å². The highest BCUT2D eigenvalue weighted by Gasteiger charge is 2.12. The van der Waals surface area contributed by atoms with Crippen molar-refractivity contribution >= 4 is 17.1 Å². The van der Waals surface area contributed by atoms with Crippen molar-refractivity contribution in [3.8, 4) is 5.88 Å². The smallest absolute Gasteiger partial charge is 0.215 e. The van der Waals surface area contributed by atoms with E-state index in [1.54, 1.807) is 13.2 Å². The molecule has 0 saturated heterocycles. The molecule has 0 radical (unpaired) electrons.